The highest BCUT2D eigenvalue weighted by Crippen LogP contribution is 2.38. The number of alkyl halides is 1. The van der Waals surface area contributed by atoms with Gasteiger partial charge < -0.3 is 9.47 Å². The van der Waals surface area contributed by atoms with E-state index in [0.717, 1.165) is 23.4 Å². The van der Waals surface area contributed by atoms with Crippen molar-refractivity contribution in [3.05, 3.63) is 24.3 Å². The lowest BCUT2D eigenvalue weighted by Gasteiger charge is -2.47. The maximum absolute atomic E-state index is 6.06. The van der Waals surface area contributed by atoms with Crippen LogP contribution in [-0.2, 0) is 12.4 Å². The van der Waals surface area contributed by atoms with Gasteiger partial charge in [0.05, 0.1) is 17.6 Å². The van der Waals surface area contributed by atoms with E-state index < -0.39 is 0 Å². The lowest BCUT2D eigenvalue weighted by Crippen LogP contribution is -2.53. The van der Waals surface area contributed by atoms with Crippen LogP contribution in [0.3, 0.4) is 0 Å². The van der Waals surface area contributed by atoms with Crippen molar-refractivity contribution in [2.75, 3.05) is 14.1 Å². The number of pyridine rings is 1. The van der Waals surface area contributed by atoms with E-state index in [-0.39, 0.29) is 5.54 Å². The summed E-state index contributed by atoms with van der Waals surface area (Å²) in [4.78, 5) is 11.1. The molecule has 0 aliphatic heterocycles. The Morgan fingerprint density at radius 3 is 2.79 bits per heavy atom. The number of halogens is 1. The van der Waals surface area contributed by atoms with Gasteiger partial charge in [-0.25, -0.2) is 4.98 Å². The Balaban J connectivity index is 2.04. The van der Waals surface area contributed by atoms with Gasteiger partial charge in [-0.2, -0.15) is 0 Å². The second kappa shape index (κ2) is 4.76. The van der Waals surface area contributed by atoms with E-state index in [4.69, 9.17) is 11.6 Å². The molecule has 4 nitrogen and oxygen atoms in total. The first-order valence-electron chi connectivity index (χ1n) is 6.69. The molecule has 2 aromatic heterocycles. The predicted molar refractivity (Wildman–Crippen MR) is 77.4 cm³/mol. The van der Waals surface area contributed by atoms with Crippen molar-refractivity contribution in [2.24, 2.45) is 0 Å². The largest absolute Gasteiger partial charge is 0.325 e. The van der Waals surface area contributed by atoms with E-state index in [2.05, 4.69) is 33.5 Å². The van der Waals surface area contributed by atoms with E-state index in [1.165, 1.54) is 19.3 Å². The Bertz CT molecular complexity index is 586. The molecular weight excluding hydrogens is 260 g/mol. The summed E-state index contributed by atoms with van der Waals surface area (Å²) in [6.07, 6.45) is 7.42. The number of fused-ring (bicyclic) bond motifs is 1. The smallest absolute Gasteiger partial charge is 0.124 e. The number of hydrogen-bond acceptors (Lipinski definition) is 3. The average molecular weight is 279 g/mol. The molecule has 0 aromatic carbocycles. The number of aromatic nitrogens is 3. The van der Waals surface area contributed by atoms with Crippen molar-refractivity contribution in [2.45, 2.75) is 37.2 Å². The van der Waals surface area contributed by atoms with Crippen molar-refractivity contribution >= 4 is 22.6 Å². The second-order valence-corrected chi connectivity index (χ2v) is 5.85. The molecular formula is C14H19ClN4. The monoisotopic (exact) mass is 278 g/mol. The van der Waals surface area contributed by atoms with Crippen molar-refractivity contribution in [3.8, 4) is 0 Å². The summed E-state index contributed by atoms with van der Waals surface area (Å²) < 4.78 is 2.27. The number of rotatable bonds is 4. The molecule has 2 heterocycles. The molecule has 1 saturated carbocycles. The minimum Gasteiger partial charge on any atom is -0.325 e. The quantitative estimate of drug-likeness (QED) is 0.807. The van der Waals surface area contributed by atoms with Gasteiger partial charge in [0.1, 0.15) is 11.3 Å². The maximum atomic E-state index is 6.06. The van der Waals surface area contributed by atoms with Crippen LogP contribution >= 0.6 is 11.6 Å². The normalized spacial score (nSPS) is 17.9. The fourth-order valence-electron chi connectivity index (χ4n) is 2.94. The summed E-state index contributed by atoms with van der Waals surface area (Å²) in [7, 11) is 4.33. The molecule has 0 bridgehead atoms. The molecule has 1 fully saturated rings. The van der Waals surface area contributed by atoms with Crippen molar-refractivity contribution in [1.29, 1.82) is 0 Å². The molecule has 0 saturated heterocycles. The molecule has 5 heteroatoms. The lowest BCUT2D eigenvalue weighted by molar-refractivity contribution is 0.0429. The van der Waals surface area contributed by atoms with Gasteiger partial charge in [-0.05, 0) is 39.4 Å². The Morgan fingerprint density at radius 1 is 1.42 bits per heavy atom. The summed E-state index contributed by atoms with van der Waals surface area (Å²) in [5, 5.41) is 0. The fourth-order valence-corrected chi connectivity index (χ4v) is 3.14. The third kappa shape index (κ3) is 2.03. The molecule has 0 N–H and O–H groups in total. The molecule has 2 aromatic rings. The summed E-state index contributed by atoms with van der Waals surface area (Å²) in [6.45, 7) is 0.961. The van der Waals surface area contributed by atoms with Crippen LogP contribution in [-0.4, -0.2) is 39.1 Å². The van der Waals surface area contributed by atoms with E-state index in [1.807, 2.05) is 18.5 Å². The van der Waals surface area contributed by atoms with E-state index in [1.54, 1.807) is 0 Å². The fraction of sp³-hybridized carbons (Fsp3) is 0.571. The van der Waals surface area contributed by atoms with Crippen molar-refractivity contribution in [3.63, 3.8) is 0 Å². The minimum atomic E-state index is 0.262. The first-order valence-corrected chi connectivity index (χ1v) is 7.22. The summed E-state index contributed by atoms with van der Waals surface area (Å²) in [5.41, 5.74) is 2.34. The zero-order valence-electron chi connectivity index (χ0n) is 11.4. The Morgan fingerprint density at radius 2 is 2.21 bits per heavy atom. The predicted octanol–water partition coefficient (Wildman–Crippen LogP) is 2.65. The Kier molecular flexibility index (Phi) is 3.23. The van der Waals surface area contributed by atoms with Crippen LogP contribution in [0, 0.1) is 0 Å². The summed E-state index contributed by atoms with van der Waals surface area (Å²) >= 11 is 6.06. The Hall–Kier alpha value is -1.13. The minimum absolute atomic E-state index is 0.262. The summed E-state index contributed by atoms with van der Waals surface area (Å²) in [5.74, 6) is 1.39. The van der Waals surface area contributed by atoms with Gasteiger partial charge in [0, 0.05) is 18.3 Å². The highest BCUT2D eigenvalue weighted by atomic mass is 35.5. The van der Waals surface area contributed by atoms with Gasteiger partial charge in [-0.15, -0.1) is 11.6 Å². The first-order chi connectivity index (χ1) is 9.16. The van der Waals surface area contributed by atoms with Crippen LogP contribution in [0.1, 0.15) is 25.1 Å². The van der Waals surface area contributed by atoms with Gasteiger partial charge >= 0.3 is 0 Å². The van der Waals surface area contributed by atoms with Crippen LogP contribution in [0.2, 0.25) is 0 Å². The molecule has 3 rings (SSSR count). The third-order valence-electron chi connectivity index (χ3n) is 4.43. The van der Waals surface area contributed by atoms with Gasteiger partial charge in [0.15, 0.2) is 0 Å². The molecule has 0 spiro atoms. The second-order valence-electron chi connectivity index (χ2n) is 5.58. The molecule has 1 aliphatic rings. The van der Waals surface area contributed by atoms with Crippen molar-refractivity contribution < 1.29 is 0 Å². The number of imidazole rings is 1. The highest BCUT2D eigenvalue weighted by molar-refractivity contribution is 6.16. The Labute approximate surface area is 118 Å². The van der Waals surface area contributed by atoms with Crippen LogP contribution in [0.25, 0.3) is 11.0 Å². The molecule has 0 unspecified atom stereocenters. The summed E-state index contributed by atoms with van der Waals surface area (Å²) in [6, 6.07) is 2.03. The molecule has 102 valence electrons. The van der Waals surface area contributed by atoms with Gasteiger partial charge in [-0.3, -0.25) is 4.98 Å². The number of likely N-dealkylation sites (N-methyl/N-ethyl adjacent to an activating group) is 1. The van der Waals surface area contributed by atoms with Gasteiger partial charge in [0.25, 0.3) is 0 Å². The molecule has 0 amide bonds. The third-order valence-corrected chi connectivity index (χ3v) is 4.67. The van der Waals surface area contributed by atoms with E-state index in [9.17, 15) is 0 Å². The maximum Gasteiger partial charge on any atom is 0.124 e. The number of hydrogen-bond donors (Lipinski definition) is 0. The zero-order valence-corrected chi connectivity index (χ0v) is 12.2. The first kappa shape index (κ1) is 12.9. The van der Waals surface area contributed by atoms with Crippen LogP contribution in [0.4, 0.5) is 0 Å². The highest BCUT2D eigenvalue weighted by Gasteiger charge is 2.40. The standard InChI is InChI=1S/C14H19ClN4/c1-18(2)14(5-3-6-14)10-19-12-4-7-16-9-11(12)17-13(19)8-15/h4,7,9H,3,5-6,8,10H2,1-2H3. The molecule has 1 aliphatic carbocycles. The van der Waals surface area contributed by atoms with Gasteiger partial charge in [0.2, 0.25) is 0 Å². The van der Waals surface area contributed by atoms with Crippen molar-refractivity contribution in [1.82, 2.24) is 19.4 Å². The molecule has 0 radical (unpaired) electrons. The van der Waals surface area contributed by atoms with Crippen LogP contribution in [0.15, 0.2) is 18.5 Å². The van der Waals surface area contributed by atoms with E-state index in [0.29, 0.717) is 5.88 Å². The average Bonchev–Trinajstić information content (AvgIpc) is 2.71. The van der Waals surface area contributed by atoms with Gasteiger partial charge in [-0.1, -0.05) is 0 Å². The molecule has 19 heavy (non-hydrogen) atoms. The topological polar surface area (TPSA) is 34.0 Å². The van der Waals surface area contributed by atoms with Crippen LogP contribution in [0.5, 0.6) is 0 Å². The zero-order chi connectivity index (χ0) is 13.5. The number of nitrogens with zero attached hydrogens (tertiary/aromatic N) is 4. The van der Waals surface area contributed by atoms with E-state index >= 15 is 0 Å². The molecule has 0 atom stereocenters. The SMILES string of the molecule is CN(C)C1(Cn2c(CCl)nc3cnccc32)CCC1. The van der Waals surface area contributed by atoms with Crippen LogP contribution < -0.4 is 0 Å². The lowest BCUT2D eigenvalue weighted by atomic mass is 9.75.